The van der Waals surface area contributed by atoms with Crippen LogP contribution in [0.1, 0.15) is 12.8 Å². The molecule has 2 aromatic rings. The normalized spacial score (nSPS) is 10.6. The Morgan fingerprint density at radius 2 is 2.28 bits per heavy atom. The average Bonchev–Trinajstić information content (AvgIpc) is 2.28. The summed E-state index contributed by atoms with van der Waals surface area (Å²) in [7, 11) is 0. The Balaban J connectivity index is 2.42. The molecule has 94 valence electrons. The molecule has 0 N–H and O–H groups in total. The number of halogens is 1. The van der Waals surface area contributed by atoms with Crippen LogP contribution >= 0.6 is 11.6 Å². The monoisotopic (exact) mass is 267 g/mol. The number of aromatic nitrogens is 1. The number of carbonyl (C=O) groups excluding carboxylic acids is 1. The topological polar surface area (TPSA) is 69.4 Å². The van der Waals surface area contributed by atoms with Gasteiger partial charge in [-0.3, -0.25) is 4.79 Å². The summed E-state index contributed by atoms with van der Waals surface area (Å²) in [5.74, 6) is -0.470. The molecular formula is C12H10ClNO4. The second-order valence-corrected chi connectivity index (χ2v) is 3.97. The van der Waals surface area contributed by atoms with Gasteiger partial charge in [0.2, 0.25) is 5.89 Å². The molecule has 18 heavy (non-hydrogen) atoms. The van der Waals surface area contributed by atoms with E-state index < -0.39 is 11.6 Å². The van der Waals surface area contributed by atoms with Crippen molar-refractivity contribution in [1.82, 2.24) is 4.98 Å². The number of ether oxygens (including phenoxy) is 1. The first-order valence-corrected chi connectivity index (χ1v) is 5.73. The largest absolute Gasteiger partial charge is 0.466 e. The fraction of sp³-hybridized carbons (Fsp3) is 0.250. The van der Waals surface area contributed by atoms with Crippen molar-refractivity contribution in [2.45, 2.75) is 13.3 Å². The van der Waals surface area contributed by atoms with E-state index in [9.17, 15) is 9.59 Å². The van der Waals surface area contributed by atoms with Crippen molar-refractivity contribution in [2.75, 3.05) is 6.61 Å². The van der Waals surface area contributed by atoms with Gasteiger partial charge in [-0.2, -0.15) is 0 Å². The maximum Gasteiger partial charge on any atom is 0.346 e. The molecule has 0 radical (unpaired) electrons. The highest BCUT2D eigenvalue weighted by Crippen LogP contribution is 2.15. The lowest BCUT2D eigenvalue weighted by molar-refractivity contribution is -0.142. The van der Waals surface area contributed by atoms with Gasteiger partial charge < -0.3 is 9.15 Å². The Kier molecular flexibility index (Phi) is 3.62. The number of rotatable bonds is 3. The Labute approximate surface area is 107 Å². The van der Waals surface area contributed by atoms with Gasteiger partial charge in [-0.15, -0.1) is 0 Å². The molecule has 0 saturated carbocycles. The molecule has 0 aliphatic rings. The SMILES string of the molecule is CCOC(=O)Cc1nc2cc(Cl)ccc2c(=O)o1. The van der Waals surface area contributed by atoms with Gasteiger partial charge in [0.1, 0.15) is 6.42 Å². The number of hydrogen-bond donors (Lipinski definition) is 0. The van der Waals surface area contributed by atoms with Gasteiger partial charge >= 0.3 is 11.6 Å². The maximum atomic E-state index is 11.6. The number of esters is 1. The van der Waals surface area contributed by atoms with E-state index in [1.165, 1.54) is 6.07 Å². The Hall–Kier alpha value is -1.88. The molecule has 2 rings (SSSR count). The quantitative estimate of drug-likeness (QED) is 0.795. The minimum absolute atomic E-state index is 0.0215. The van der Waals surface area contributed by atoms with E-state index in [2.05, 4.69) is 4.98 Å². The zero-order chi connectivity index (χ0) is 13.1. The van der Waals surface area contributed by atoms with Crippen molar-refractivity contribution in [2.24, 2.45) is 0 Å². The summed E-state index contributed by atoms with van der Waals surface area (Å²) < 4.78 is 9.69. The second kappa shape index (κ2) is 5.18. The summed E-state index contributed by atoms with van der Waals surface area (Å²) in [5.41, 5.74) is -0.144. The number of benzene rings is 1. The van der Waals surface area contributed by atoms with Gasteiger partial charge in [-0.25, -0.2) is 9.78 Å². The fourth-order valence-electron chi connectivity index (χ4n) is 1.50. The molecule has 0 saturated heterocycles. The number of nitrogens with zero attached hydrogens (tertiary/aromatic N) is 1. The minimum Gasteiger partial charge on any atom is -0.466 e. The molecular weight excluding hydrogens is 258 g/mol. The predicted molar refractivity (Wildman–Crippen MR) is 65.6 cm³/mol. The third kappa shape index (κ3) is 2.68. The smallest absolute Gasteiger partial charge is 0.346 e. The third-order valence-electron chi connectivity index (χ3n) is 2.24. The van der Waals surface area contributed by atoms with E-state index in [0.717, 1.165) is 0 Å². The van der Waals surface area contributed by atoms with Gasteiger partial charge in [0, 0.05) is 5.02 Å². The van der Waals surface area contributed by atoms with Crippen molar-refractivity contribution in [3.63, 3.8) is 0 Å². The summed E-state index contributed by atoms with van der Waals surface area (Å²) in [6, 6.07) is 4.65. The molecule has 1 aromatic carbocycles. The number of carbonyl (C=O) groups is 1. The molecule has 0 unspecified atom stereocenters. The summed E-state index contributed by atoms with van der Waals surface area (Å²) in [6.45, 7) is 1.96. The van der Waals surface area contributed by atoms with Crippen LogP contribution in [0.2, 0.25) is 5.02 Å². The molecule has 5 nitrogen and oxygen atoms in total. The lowest BCUT2D eigenvalue weighted by atomic mass is 10.2. The van der Waals surface area contributed by atoms with Gasteiger partial charge in [-0.05, 0) is 25.1 Å². The second-order valence-electron chi connectivity index (χ2n) is 3.54. The van der Waals surface area contributed by atoms with E-state index in [-0.39, 0.29) is 18.9 Å². The maximum absolute atomic E-state index is 11.6. The average molecular weight is 268 g/mol. The van der Waals surface area contributed by atoms with Crippen LogP contribution in [0.3, 0.4) is 0 Å². The zero-order valence-electron chi connectivity index (χ0n) is 9.60. The Bertz CT molecular complexity index is 650. The molecule has 0 spiro atoms. The van der Waals surface area contributed by atoms with E-state index in [4.69, 9.17) is 20.8 Å². The van der Waals surface area contributed by atoms with Crippen LogP contribution in [0.4, 0.5) is 0 Å². The Morgan fingerprint density at radius 3 is 3.00 bits per heavy atom. The highest BCUT2D eigenvalue weighted by atomic mass is 35.5. The fourth-order valence-corrected chi connectivity index (χ4v) is 1.67. The molecule has 1 aromatic heterocycles. The minimum atomic E-state index is -0.545. The van der Waals surface area contributed by atoms with E-state index in [1.54, 1.807) is 19.1 Å². The van der Waals surface area contributed by atoms with Crippen molar-refractivity contribution < 1.29 is 13.9 Å². The molecule has 6 heteroatoms. The van der Waals surface area contributed by atoms with E-state index in [1.807, 2.05) is 0 Å². The van der Waals surface area contributed by atoms with E-state index >= 15 is 0 Å². The van der Waals surface area contributed by atoms with Gasteiger partial charge in [0.05, 0.1) is 17.5 Å². The first-order valence-electron chi connectivity index (χ1n) is 5.35. The number of hydrogen-bond acceptors (Lipinski definition) is 5. The van der Waals surface area contributed by atoms with Crippen molar-refractivity contribution in [1.29, 1.82) is 0 Å². The van der Waals surface area contributed by atoms with Crippen LogP contribution < -0.4 is 5.63 Å². The Morgan fingerprint density at radius 1 is 1.50 bits per heavy atom. The standard InChI is InChI=1S/C12H10ClNO4/c1-2-17-11(15)6-10-14-9-5-7(13)3-4-8(9)12(16)18-10/h3-5H,2,6H2,1H3. The van der Waals surface area contributed by atoms with Crippen LogP contribution in [0.25, 0.3) is 10.9 Å². The van der Waals surface area contributed by atoms with Crippen LogP contribution in [0.5, 0.6) is 0 Å². The first kappa shape index (κ1) is 12.6. The van der Waals surface area contributed by atoms with Crippen LogP contribution in [-0.4, -0.2) is 17.6 Å². The highest BCUT2D eigenvalue weighted by molar-refractivity contribution is 6.31. The molecule has 0 amide bonds. The molecule has 0 bridgehead atoms. The number of fused-ring (bicyclic) bond motifs is 1. The predicted octanol–water partition coefficient (Wildman–Crippen LogP) is 1.95. The third-order valence-corrected chi connectivity index (χ3v) is 2.47. The molecule has 0 atom stereocenters. The van der Waals surface area contributed by atoms with E-state index in [0.29, 0.717) is 15.9 Å². The van der Waals surface area contributed by atoms with Crippen LogP contribution in [-0.2, 0) is 16.0 Å². The molecule has 0 aliphatic heterocycles. The van der Waals surface area contributed by atoms with Gasteiger partial charge in [0.25, 0.3) is 0 Å². The van der Waals surface area contributed by atoms with Crippen molar-refractivity contribution in [3.05, 3.63) is 39.5 Å². The zero-order valence-corrected chi connectivity index (χ0v) is 10.4. The molecule has 0 fully saturated rings. The van der Waals surface area contributed by atoms with Crippen molar-refractivity contribution >= 4 is 28.5 Å². The summed E-state index contributed by atoms with van der Waals surface area (Å²) in [4.78, 5) is 27.0. The first-order chi connectivity index (χ1) is 8.60. The van der Waals surface area contributed by atoms with Gasteiger partial charge in [0.15, 0.2) is 0 Å². The molecule has 0 aliphatic carbocycles. The molecule has 1 heterocycles. The summed E-state index contributed by atoms with van der Waals surface area (Å²) in [6.07, 6.45) is -0.175. The lowest BCUT2D eigenvalue weighted by Crippen LogP contribution is -2.12. The lowest BCUT2D eigenvalue weighted by Gasteiger charge is -2.02. The summed E-state index contributed by atoms with van der Waals surface area (Å²) in [5, 5.41) is 0.787. The van der Waals surface area contributed by atoms with Crippen molar-refractivity contribution in [3.8, 4) is 0 Å². The summed E-state index contributed by atoms with van der Waals surface area (Å²) >= 11 is 5.81. The van der Waals surface area contributed by atoms with Gasteiger partial charge in [-0.1, -0.05) is 11.6 Å². The van der Waals surface area contributed by atoms with Crippen LogP contribution in [0.15, 0.2) is 27.4 Å². The highest BCUT2D eigenvalue weighted by Gasteiger charge is 2.11. The van der Waals surface area contributed by atoms with Crippen LogP contribution in [0, 0.1) is 0 Å².